The van der Waals surface area contributed by atoms with Crippen LogP contribution in [0.25, 0.3) is 0 Å². The van der Waals surface area contributed by atoms with Crippen LogP contribution in [0.2, 0.25) is 0 Å². The van der Waals surface area contributed by atoms with Gasteiger partial charge in [0.05, 0.1) is 12.7 Å². The molecule has 4 atom stereocenters. The Morgan fingerprint density at radius 2 is 2.21 bits per heavy atom. The molecule has 1 fully saturated rings. The molecule has 14 heavy (non-hydrogen) atoms. The SMILES string of the molecule is CO[C@@H]1CC(O)[C@H](OI)[C@@H](COI)O1. The van der Waals surface area contributed by atoms with E-state index >= 15 is 0 Å². The number of methoxy groups -OCH3 is 1. The zero-order valence-electron chi connectivity index (χ0n) is 7.56. The highest BCUT2D eigenvalue weighted by atomic mass is 127. The fourth-order valence-electron chi connectivity index (χ4n) is 1.37. The molecular formula is C7H12I2O5. The number of hydrogen-bond acceptors (Lipinski definition) is 5. The molecule has 0 aromatic heterocycles. The average Bonchev–Trinajstić information content (AvgIpc) is 2.18. The number of rotatable bonds is 4. The Labute approximate surface area is 111 Å². The van der Waals surface area contributed by atoms with Gasteiger partial charge in [0.2, 0.25) is 0 Å². The summed E-state index contributed by atoms with van der Waals surface area (Å²) < 4.78 is 20.6. The van der Waals surface area contributed by atoms with Gasteiger partial charge in [-0.15, -0.1) is 0 Å². The summed E-state index contributed by atoms with van der Waals surface area (Å²) in [5.41, 5.74) is 0. The first-order valence-electron chi connectivity index (χ1n) is 4.10. The van der Waals surface area contributed by atoms with E-state index < -0.39 is 6.10 Å². The van der Waals surface area contributed by atoms with Gasteiger partial charge in [0, 0.05) is 13.5 Å². The van der Waals surface area contributed by atoms with Crippen LogP contribution in [0.5, 0.6) is 0 Å². The van der Waals surface area contributed by atoms with Crippen molar-refractivity contribution in [1.82, 2.24) is 0 Å². The second kappa shape index (κ2) is 6.76. The van der Waals surface area contributed by atoms with E-state index in [-0.39, 0.29) is 18.5 Å². The Morgan fingerprint density at radius 1 is 1.50 bits per heavy atom. The summed E-state index contributed by atoms with van der Waals surface area (Å²) in [4.78, 5) is 0. The molecular weight excluding hydrogens is 418 g/mol. The number of halogens is 2. The van der Waals surface area contributed by atoms with Crippen LogP contribution in [0.1, 0.15) is 6.42 Å². The van der Waals surface area contributed by atoms with Crippen LogP contribution in [-0.4, -0.2) is 43.4 Å². The highest BCUT2D eigenvalue weighted by Gasteiger charge is 2.38. The third kappa shape index (κ3) is 3.39. The normalized spacial score (nSPS) is 38.6. The van der Waals surface area contributed by atoms with Crippen molar-refractivity contribution < 1.29 is 20.7 Å². The molecule has 0 aromatic carbocycles. The van der Waals surface area contributed by atoms with Gasteiger partial charge in [0.1, 0.15) is 58.2 Å². The van der Waals surface area contributed by atoms with Gasteiger partial charge in [-0.3, -0.25) is 0 Å². The van der Waals surface area contributed by atoms with Crippen LogP contribution in [0.15, 0.2) is 0 Å². The summed E-state index contributed by atoms with van der Waals surface area (Å²) in [6, 6.07) is 0. The van der Waals surface area contributed by atoms with Gasteiger partial charge in [-0.1, -0.05) is 0 Å². The minimum absolute atomic E-state index is 0.294. The zero-order valence-corrected chi connectivity index (χ0v) is 11.9. The minimum atomic E-state index is -0.581. The van der Waals surface area contributed by atoms with Crippen molar-refractivity contribution in [3.05, 3.63) is 0 Å². The molecule has 84 valence electrons. The molecule has 1 unspecified atom stereocenters. The molecule has 1 aliphatic heterocycles. The van der Waals surface area contributed by atoms with Crippen molar-refractivity contribution in [2.24, 2.45) is 0 Å². The van der Waals surface area contributed by atoms with Gasteiger partial charge in [0.15, 0.2) is 6.29 Å². The Balaban J connectivity index is 2.57. The summed E-state index contributed by atoms with van der Waals surface area (Å²) in [6.45, 7) is 0.366. The first-order valence-corrected chi connectivity index (χ1v) is 5.86. The Hall–Kier alpha value is 1.26. The van der Waals surface area contributed by atoms with Gasteiger partial charge in [-0.05, 0) is 0 Å². The zero-order chi connectivity index (χ0) is 10.6. The van der Waals surface area contributed by atoms with E-state index in [2.05, 4.69) is 0 Å². The van der Waals surface area contributed by atoms with E-state index in [0.29, 0.717) is 13.0 Å². The second-order valence-corrected chi connectivity index (χ2v) is 4.10. The molecule has 0 bridgehead atoms. The number of hydrogen-bond donors (Lipinski definition) is 1. The van der Waals surface area contributed by atoms with Crippen LogP contribution in [0.4, 0.5) is 0 Å². The lowest BCUT2D eigenvalue weighted by molar-refractivity contribution is -0.235. The molecule has 1 N–H and O–H groups in total. The minimum Gasteiger partial charge on any atom is -0.390 e. The summed E-state index contributed by atoms with van der Waals surface area (Å²) >= 11 is 3.54. The van der Waals surface area contributed by atoms with Crippen LogP contribution in [0, 0.1) is 0 Å². The van der Waals surface area contributed by atoms with Gasteiger partial charge in [0.25, 0.3) is 0 Å². The molecule has 1 heterocycles. The van der Waals surface area contributed by atoms with Crippen LogP contribution in [0.3, 0.4) is 0 Å². The van der Waals surface area contributed by atoms with Crippen molar-refractivity contribution in [2.45, 2.75) is 31.0 Å². The van der Waals surface area contributed by atoms with Gasteiger partial charge in [-0.2, -0.15) is 0 Å². The highest BCUT2D eigenvalue weighted by molar-refractivity contribution is 14.1. The van der Waals surface area contributed by atoms with Crippen molar-refractivity contribution in [2.75, 3.05) is 13.7 Å². The Bertz CT molecular complexity index is 170. The third-order valence-electron chi connectivity index (χ3n) is 2.10. The first-order chi connectivity index (χ1) is 6.72. The molecule has 0 radical (unpaired) electrons. The smallest absolute Gasteiger partial charge is 0.160 e. The average molecular weight is 430 g/mol. The molecule has 0 aliphatic carbocycles. The Morgan fingerprint density at radius 3 is 2.71 bits per heavy atom. The van der Waals surface area contributed by atoms with E-state index in [0.717, 1.165) is 0 Å². The topological polar surface area (TPSA) is 57.2 Å². The third-order valence-corrected chi connectivity index (χ3v) is 3.05. The predicted molar refractivity (Wildman–Crippen MR) is 65.2 cm³/mol. The largest absolute Gasteiger partial charge is 0.390 e. The van der Waals surface area contributed by atoms with Crippen LogP contribution < -0.4 is 0 Å². The quantitative estimate of drug-likeness (QED) is 0.681. The van der Waals surface area contributed by atoms with Gasteiger partial charge < -0.3 is 20.7 Å². The maximum atomic E-state index is 9.72. The summed E-state index contributed by atoms with van der Waals surface area (Å²) in [7, 11) is 1.55. The molecule has 7 heteroatoms. The number of aliphatic hydroxyl groups is 1. The van der Waals surface area contributed by atoms with Crippen molar-refractivity contribution in [3.63, 3.8) is 0 Å². The first kappa shape index (κ1) is 13.3. The van der Waals surface area contributed by atoms with Crippen molar-refractivity contribution in [1.29, 1.82) is 0 Å². The predicted octanol–water partition coefficient (Wildman–Crippen LogP) is 1.21. The summed E-state index contributed by atoms with van der Waals surface area (Å²) in [5, 5.41) is 9.72. The molecule has 0 spiro atoms. The maximum absolute atomic E-state index is 9.72. The lowest BCUT2D eigenvalue weighted by Gasteiger charge is -2.36. The standard InChI is InChI=1S/C7H12I2O5/c1-11-6-2-4(10)7(14-9)5(13-6)3-12-8/h4-7,10H,2-3H2,1H3/t4?,5-,6+,7+/m1/s1. The maximum Gasteiger partial charge on any atom is 0.160 e. The lowest BCUT2D eigenvalue weighted by atomic mass is 10.0. The second-order valence-electron chi connectivity index (χ2n) is 2.97. The molecule has 1 saturated heterocycles. The van der Waals surface area contributed by atoms with E-state index in [1.807, 2.05) is 0 Å². The number of aliphatic hydroxyl groups excluding tert-OH is 1. The molecule has 0 amide bonds. The fourth-order valence-corrected chi connectivity index (χ4v) is 2.39. The van der Waals surface area contributed by atoms with Gasteiger partial charge >= 0.3 is 0 Å². The van der Waals surface area contributed by atoms with Crippen LogP contribution in [-0.2, 0) is 15.6 Å². The highest BCUT2D eigenvalue weighted by Crippen LogP contribution is 2.25. The van der Waals surface area contributed by atoms with Crippen LogP contribution >= 0.6 is 46.0 Å². The van der Waals surface area contributed by atoms with Gasteiger partial charge in [-0.25, -0.2) is 0 Å². The molecule has 0 saturated carbocycles. The van der Waals surface area contributed by atoms with E-state index in [9.17, 15) is 5.11 Å². The Kier molecular flexibility index (Phi) is 6.43. The fraction of sp³-hybridized carbons (Fsp3) is 1.00. The number of ether oxygens (including phenoxy) is 2. The van der Waals surface area contributed by atoms with Crippen molar-refractivity contribution in [3.8, 4) is 0 Å². The van der Waals surface area contributed by atoms with E-state index in [1.165, 1.54) is 0 Å². The van der Waals surface area contributed by atoms with E-state index in [1.54, 1.807) is 53.1 Å². The molecule has 5 nitrogen and oxygen atoms in total. The summed E-state index contributed by atoms with van der Waals surface area (Å²) in [5.74, 6) is 0. The lowest BCUT2D eigenvalue weighted by Crippen LogP contribution is -2.50. The monoisotopic (exact) mass is 430 g/mol. The molecule has 1 rings (SSSR count). The summed E-state index contributed by atoms with van der Waals surface area (Å²) in [6.07, 6.45) is -1.21. The van der Waals surface area contributed by atoms with E-state index in [4.69, 9.17) is 15.6 Å². The molecule has 1 aliphatic rings. The van der Waals surface area contributed by atoms with Crippen molar-refractivity contribution >= 4 is 46.0 Å². The molecule has 0 aromatic rings.